The molecule has 0 saturated carbocycles. The molecule has 35 heavy (non-hydrogen) atoms. The predicted molar refractivity (Wildman–Crippen MR) is 125 cm³/mol. The van der Waals surface area contributed by atoms with Gasteiger partial charge in [0.25, 0.3) is 0 Å². The van der Waals surface area contributed by atoms with Crippen molar-refractivity contribution < 1.29 is 17.9 Å². The van der Waals surface area contributed by atoms with E-state index in [1.54, 1.807) is 30.3 Å². The number of rotatable bonds is 5. The summed E-state index contributed by atoms with van der Waals surface area (Å²) in [6.45, 7) is 2.53. The minimum absolute atomic E-state index is 0.240. The van der Waals surface area contributed by atoms with Crippen molar-refractivity contribution in [1.82, 2.24) is 24.3 Å². The van der Waals surface area contributed by atoms with Crippen LogP contribution < -0.4 is 9.64 Å². The Labute approximate surface area is 200 Å². The molecule has 10 heteroatoms. The lowest BCUT2D eigenvalue weighted by atomic mass is 9.88. The van der Waals surface area contributed by atoms with Crippen molar-refractivity contribution in [3.05, 3.63) is 77.6 Å². The summed E-state index contributed by atoms with van der Waals surface area (Å²) in [5, 5.41) is 4.63. The van der Waals surface area contributed by atoms with E-state index < -0.39 is 17.7 Å². The van der Waals surface area contributed by atoms with E-state index >= 15 is 0 Å². The lowest BCUT2D eigenvalue weighted by molar-refractivity contribution is -0.138. The molecule has 0 saturated heterocycles. The Kier molecular flexibility index (Phi) is 5.74. The van der Waals surface area contributed by atoms with Crippen LogP contribution in [0.4, 0.5) is 24.8 Å². The van der Waals surface area contributed by atoms with Crippen LogP contribution in [0.15, 0.2) is 55.0 Å². The van der Waals surface area contributed by atoms with Gasteiger partial charge in [0, 0.05) is 37.5 Å². The average molecular weight is 483 g/mol. The summed E-state index contributed by atoms with van der Waals surface area (Å²) in [5.74, 6) is 1.14. The monoisotopic (exact) mass is 482 g/mol. The smallest absolute Gasteiger partial charge is 0.416 e. The highest BCUT2D eigenvalue weighted by atomic mass is 19.4. The molecule has 2 aromatic heterocycles. The molecule has 1 atom stereocenters. The van der Waals surface area contributed by atoms with Gasteiger partial charge in [0.1, 0.15) is 11.6 Å². The molecule has 4 aromatic rings. The normalized spacial score (nSPS) is 15.7. The van der Waals surface area contributed by atoms with Crippen LogP contribution in [0.25, 0.3) is 5.69 Å². The molecular formula is C25H25F3N6O. The summed E-state index contributed by atoms with van der Waals surface area (Å²) in [4.78, 5) is 10.8. The summed E-state index contributed by atoms with van der Waals surface area (Å²) < 4.78 is 50.3. The first-order chi connectivity index (χ1) is 16.8. The van der Waals surface area contributed by atoms with Gasteiger partial charge in [-0.25, -0.2) is 9.67 Å². The van der Waals surface area contributed by atoms with Gasteiger partial charge < -0.3 is 14.2 Å². The Bertz CT molecular complexity index is 1360. The van der Waals surface area contributed by atoms with Gasteiger partial charge in [0.2, 0.25) is 5.95 Å². The number of alkyl halides is 3. The highest BCUT2D eigenvalue weighted by Crippen LogP contribution is 2.41. The van der Waals surface area contributed by atoms with Crippen molar-refractivity contribution in [3.63, 3.8) is 0 Å². The fourth-order valence-corrected chi connectivity index (χ4v) is 4.59. The van der Waals surface area contributed by atoms with E-state index in [-0.39, 0.29) is 5.56 Å². The lowest BCUT2D eigenvalue weighted by Gasteiger charge is -2.25. The van der Waals surface area contributed by atoms with Crippen LogP contribution >= 0.6 is 0 Å². The largest absolute Gasteiger partial charge is 0.494 e. The number of hydrogen-bond donors (Lipinski definition) is 0. The zero-order chi connectivity index (χ0) is 24.7. The molecule has 2 aromatic carbocycles. The van der Waals surface area contributed by atoms with Crippen molar-refractivity contribution in [2.75, 3.05) is 19.1 Å². The minimum atomic E-state index is -4.43. The molecule has 0 aliphatic carbocycles. The Morgan fingerprint density at radius 1 is 1.14 bits per heavy atom. The highest BCUT2D eigenvalue weighted by molar-refractivity contribution is 5.63. The van der Waals surface area contributed by atoms with Crippen molar-refractivity contribution >= 4 is 11.6 Å². The third kappa shape index (κ3) is 4.24. The molecule has 0 radical (unpaired) electrons. The second-order valence-corrected chi connectivity index (χ2v) is 8.61. The number of benzene rings is 2. The van der Waals surface area contributed by atoms with Gasteiger partial charge in [-0.3, -0.25) is 0 Å². The van der Waals surface area contributed by atoms with Gasteiger partial charge >= 0.3 is 6.18 Å². The van der Waals surface area contributed by atoms with E-state index in [2.05, 4.69) is 10.1 Å². The lowest BCUT2D eigenvalue weighted by Crippen LogP contribution is -2.21. The van der Waals surface area contributed by atoms with Crippen LogP contribution in [0.1, 0.15) is 41.4 Å². The SMILES string of the molecule is COc1cc(N(C)c2nc3n(n2)CCCC3c2ccccc2C(F)(F)F)ccc1-n1cnc(C)c1. The molecule has 1 unspecified atom stereocenters. The Morgan fingerprint density at radius 3 is 2.66 bits per heavy atom. The third-order valence-electron chi connectivity index (χ3n) is 6.35. The van der Waals surface area contributed by atoms with Gasteiger partial charge in [-0.1, -0.05) is 18.2 Å². The number of methoxy groups -OCH3 is 1. The van der Waals surface area contributed by atoms with E-state index in [1.165, 1.54) is 6.07 Å². The topological polar surface area (TPSA) is 61.0 Å². The molecule has 3 heterocycles. The zero-order valence-corrected chi connectivity index (χ0v) is 19.6. The number of ether oxygens (including phenoxy) is 1. The second-order valence-electron chi connectivity index (χ2n) is 8.61. The van der Waals surface area contributed by atoms with E-state index in [9.17, 15) is 13.2 Å². The number of aryl methyl sites for hydroxylation is 2. The second kappa shape index (κ2) is 8.75. The van der Waals surface area contributed by atoms with Crippen LogP contribution in [0, 0.1) is 6.92 Å². The predicted octanol–water partition coefficient (Wildman–Crippen LogP) is 5.49. The maximum absolute atomic E-state index is 13.7. The molecule has 1 aliphatic rings. The van der Waals surface area contributed by atoms with Crippen molar-refractivity contribution in [2.24, 2.45) is 0 Å². The van der Waals surface area contributed by atoms with Crippen LogP contribution in [0.3, 0.4) is 0 Å². The fourth-order valence-electron chi connectivity index (χ4n) is 4.59. The third-order valence-corrected chi connectivity index (χ3v) is 6.35. The minimum Gasteiger partial charge on any atom is -0.494 e. The molecule has 0 bridgehead atoms. The van der Waals surface area contributed by atoms with Crippen LogP contribution in [0.2, 0.25) is 0 Å². The first kappa shape index (κ1) is 22.9. The molecule has 0 spiro atoms. The maximum atomic E-state index is 13.7. The van der Waals surface area contributed by atoms with E-state index in [4.69, 9.17) is 9.72 Å². The molecule has 1 aliphatic heterocycles. The molecule has 0 N–H and O–H groups in total. The summed E-state index contributed by atoms with van der Waals surface area (Å²) in [5.41, 5.74) is 2.14. The van der Waals surface area contributed by atoms with E-state index in [1.807, 2.05) is 47.8 Å². The fraction of sp³-hybridized carbons (Fsp3) is 0.320. The Morgan fingerprint density at radius 2 is 1.94 bits per heavy atom. The van der Waals surface area contributed by atoms with E-state index in [0.717, 1.165) is 29.6 Å². The molecule has 182 valence electrons. The molecule has 0 amide bonds. The number of nitrogens with zero attached hydrogens (tertiary/aromatic N) is 6. The number of imidazole rings is 1. The number of halogens is 3. The van der Waals surface area contributed by atoms with E-state index in [0.29, 0.717) is 30.5 Å². The summed E-state index contributed by atoms with van der Waals surface area (Å²) >= 11 is 0. The standard InChI is InChI=1S/C25H25F3N6O/c1-16-14-33(15-29-16)21-11-10-17(13-22(21)35-3)32(2)24-30-23-19(8-6-12-34(23)31-24)18-7-4-5-9-20(18)25(26,27)28/h4-5,7,9-11,13-15,19H,6,8,12H2,1-3H3. The van der Waals surface area contributed by atoms with Gasteiger partial charge in [-0.15, -0.1) is 5.10 Å². The number of aromatic nitrogens is 5. The quantitative estimate of drug-likeness (QED) is 0.376. The first-order valence-electron chi connectivity index (χ1n) is 11.3. The van der Waals surface area contributed by atoms with Crippen LogP contribution in [-0.4, -0.2) is 38.5 Å². The van der Waals surface area contributed by atoms with Gasteiger partial charge in [0.05, 0.1) is 30.4 Å². The highest BCUT2D eigenvalue weighted by Gasteiger charge is 2.37. The van der Waals surface area contributed by atoms with Crippen molar-refractivity contribution in [1.29, 1.82) is 0 Å². The summed E-state index contributed by atoms with van der Waals surface area (Å²) in [7, 11) is 3.43. The molecule has 7 nitrogen and oxygen atoms in total. The number of hydrogen-bond acceptors (Lipinski definition) is 5. The molecule has 0 fully saturated rings. The Balaban J connectivity index is 1.49. The van der Waals surface area contributed by atoms with Crippen molar-refractivity contribution in [3.8, 4) is 11.4 Å². The first-order valence-corrected chi connectivity index (χ1v) is 11.3. The Hall–Kier alpha value is -3.82. The summed E-state index contributed by atoms with van der Waals surface area (Å²) in [6, 6.07) is 11.5. The number of anilines is 2. The maximum Gasteiger partial charge on any atom is 0.416 e. The molecule has 5 rings (SSSR count). The van der Waals surface area contributed by atoms with Crippen LogP contribution in [-0.2, 0) is 12.7 Å². The van der Waals surface area contributed by atoms with Crippen LogP contribution in [0.5, 0.6) is 5.75 Å². The summed E-state index contributed by atoms with van der Waals surface area (Å²) in [6.07, 6.45) is 0.515. The van der Waals surface area contributed by atoms with Gasteiger partial charge in [-0.05, 0) is 43.5 Å². The zero-order valence-electron chi connectivity index (χ0n) is 19.6. The van der Waals surface area contributed by atoms with Crippen molar-refractivity contribution in [2.45, 2.75) is 38.4 Å². The average Bonchev–Trinajstić information content (AvgIpc) is 3.48. The number of fused-ring (bicyclic) bond motifs is 1. The van der Waals surface area contributed by atoms with Gasteiger partial charge in [0.15, 0.2) is 0 Å². The van der Waals surface area contributed by atoms with Gasteiger partial charge in [-0.2, -0.15) is 18.2 Å². The molecular weight excluding hydrogens is 457 g/mol.